The van der Waals surface area contributed by atoms with Gasteiger partial charge >= 0.3 is 0 Å². The van der Waals surface area contributed by atoms with Crippen LogP contribution in [0.3, 0.4) is 0 Å². The van der Waals surface area contributed by atoms with Gasteiger partial charge in [0.05, 0.1) is 5.54 Å². The fraction of sp³-hybridized carbons (Fsp3) is 0.900. The summed E-state index contributed by atoms with van der Waals surface area (Å²) in [5, 5.41) is 6.53. The number of hydrogen-bond acceptors (Lipinski definition) is 3. The fourth-order valence-electron chi connectivity index (χ4n) is 2.92. The lowest BCUT2D eigenvalue weighted by atomic mass is 9.82. The first-order chi connectivity index (χ1) is 6.62. The SMILES string of the molecule is CC(=O)N[C@]12CNCC[C@H]1CN(C)C2. The van der Waals surface area contributed by atoms with Crippen molar-refractivity contribution >= 4 is 5.91 Å². The van der Waals surface area contributed by atoms with Gasteiger partial charge in [-0.05, 0) is 25.9 Å². The van der Waals surface area contributed by atoms with Crippen LogP contribution in [0.15, 0.2) is 0 Å². The summed E-state index contributed by atoms with van der Waals surface area (Å²) in [5.74, 6) is 0.714. The van der Waals surface area contributed by atoms with Gasteiger partial charge in [-0.3, -0.25) is 4.79 Å². The maximum absolute atomic E-state index is 11.2. The molecule has 2 fully saturated rings. The zero-order valence-corrected chi connectivity index (χ0v) is 8.97. The second kappa shape index (κ2) is 3.51. The molecule has 0 radical (unpaired) electrons. The van der Waals surface area contributed by atoms with Crippen LogP contribution in [0.25, 0.3) is 0 Å². The summed E-state index contributed by atoms with van der Waals surface area (Å²) < 4.78 is 0. The summed E-state index contributed by atoms with van der Waals surface area (Å²) in [6, 6.07) is 0. The maximum atomic E-state index is 11.2. The molecule has 2 rings (SSSR count). The van der Waals surface area contributed by atoms with Crippen molar-refractivity contribution in [3.8, 4) is 0 Å². The largest absolute Gasteiger partial charge is 0.348 e. The number of amides is 1. The normalized spacial score (nSPS) is 38.0. The Kier molecular flexibility index (Phi) is 2.49. The number of nitrogens with one attached hydrogen (secondary N) is 2. The van der Waals surface area contributed by atoms with Crippen LogP contribution >= 0.6 is 0 Å². The number of likely N-dealkylation sites (tertiary alicyclic amines) is 1. The van der Waals surface area contributed by atoms with Crippen molar-refractivity contribution in [1.82, 2.24) is 15.5 Å². The van der Waals surface area contributed by atoms with Crippen LogP contribution in [-0.4, -0.2) is 49.6 Å². The molecular weight excluding hydrogens is 178 g/mol. The zero-order chi connectivity index (χ0) is 10.2. The predicted octanol–water partition coefficient (Wildman–Crippen LogP) is -0.584. The van der Waals surface area contributed by atoms with Crippen molar-refractivity contribution in [3.63, 3.8) is 0 Å². The van der Waals surface area contributed by atoms with Gasteiger partial charge in [0, 0.05) is 26.6 Å². The van der Waals surface area contributed by atoms with E-state index in [1.807, 2.05) is 0 Å². The van der Waals surface area contributed by atoms with E-state index in [-0.39, 0.29) is 11.4 Å². The molecule has 2 aliphatic heterocycles. The fourth-order valence-corrected chi connectivity index (χ4v) is 2.92. The van der Waals surface area contributed by atoms with Gasteiger partial charge in [-0.2, -0.15) is 0 Å². The van der Waals surface area contributed by atoms with Crippen molar-refractivity contribution in [3.05, 3.63) is 0 Å². The highest BCUT2D eigenvalue weighted by Crippen LogP contribution is 2.31. The average Bonchev–Trinajstić information content (AvgIpc) is 2.38. The van der Waals surface area contributed by atoms with E-state index >= 15 is 0 Å². The van der Waals surface area contributed by atoms with E-state index in [9.17, 15) is 4.79 Å². The van der Waals surface area contributed by atoms with Crippen LogP contribution in [0.4, 0.5) is 0 Å². The molecule has 0 aliphatic carbocycles. The number of piperidine rings is 1. The monoisotopic (exact) mass is 197 g/mol. The molecule has 2 heterocycles. The molecule has 2 atom stereocenters. The third kappa shape index (κ3) is 1.64. The minimum Gasteiger partial charge on any atom is -0.348 e. The molecule has 4 heteroatoms. The lowest BCUT2D eigenvalue weighted by Gasteiger charge is -2.39. The highest BCUT2D eigenvalue weighted by atomic mass is 16.1. The smallest absolute Gasteiger partial charge is 0.217 e. The van der Waals surface area contributed by atoms with Gasteiger partial charge in [-0.15, -0.1) is 0 Å². The van der Waals surface area contributed by atoms with E-state index in [4.69, 9.17) is 0 Å². The maximum Gasteiger partial charge on any atom is 0.217 e. The van der Waals surface area contributed by atoms with E-state index in [1.54, 1.807) is 6.92 Å². The highest BCUT2D eigenvalue weighted by Gasteiger charge is 2.47. The van der Waals surface area contributed by atoms with Crippen molar-refractivity contribution in [2.75, 3.05) is 33.2 Å². The van der Waals surface area contributed by atoms with E-state index in [0.29, 0.717) is 5.92 Å². The number of rotatable bonds is 1. The first kappa shape index (κ1) is 9.93. The average molecular weight is 197 g/mol. The van der Waals surface area contributed by atoms with Crippen LogP contribution in [0.2, 0.25) is 0 Å². The Morgan fingerprint density at radius 1 is 1.64 bits per heavy atom. The number of likely N-dealkylation sites (N-methyl/N-ethyl adjacent to an activating group) is 1. The Hall–Kier alpha value is -0.610. The second-order valence-electron chi connectivity index (χ2n) is 4.70. The number of hydrogen-bond donors (Lipinski definition) is 2. The van der Waals surface area contributed by atoms with Crippen LogP contribution in [0.5, 0.6) is 0 Å². The molecule has 14 heavy (non-hydrogen) atoms. The number of carbonyl (C=O) groups is 1. The summed E-state index contributed by atoms with van der Waals surface area (Å²) >= 11 is 0. The van der Waals surface area contributed by atoms with Crippen molar-refractivity contribution in [2.45, 2.75) is 18.9 Å². The van der Waals surface area contributed by atoms with Crippen LogP contribution in [-0.2, 0) is 4.79 Å². The Balaban J connectivity index is 2.14. The van der Waals surface area contributed by atoms with E-state index < -0.39 is 0 Å². The standard InChI is InChI=1S/C10H19N3O/c1-8(14)12-10-6-11-4-3-9(10)5-13(2)7-10/h9,11H,3-7H2,1-2H3,(H,12,14)/t9-,10-/m0/s1. The number of nitrogens with zero attached hydrogens (tertiary/aromatic N) is 1. The molecular formula is C10H19N3O. The quantitative estimate of drug-likeness (QED) is 0.591. The Morgan fingerprint density at radius 3 is 3.14 bits per heavy atom. The third-order valence-corrected chi connectivity index (χ3v) is 3.40. The minimum absolute atomic E-state index is 0.00116. The van der Waals surface area contributed by atoms with Gasteiger partial charge in [0.25, 0.3) is 0 Å². The first-order valence-corrected chi connectivity index (χ1v) is 5.30. The highest BCUT2D eigenvalue weighted by molar-refractivity contribution is 5.74. The van der Waals surface area contributed by atoms with Crippen molar-refractivity contribution in [2.24, 2.45) is 5.92 Å². The number of fused-ring (bicyclic) bond motifs is 1. The minimum atomic E-state index is -0.00116. The molecule has 0 aromatic carbocycles. The summed E-state index contributed by atoms with van der Waals surface area (Å²) in [6.07, 6.45) is 1.17. The van der Waals surface area contributed by atoms with E-state index in [2.05, 4.69) is 22.6 Å². The summed E-state index contributed by atoms with van der Waals surface area (Å²) in [6.45, 7) is 5.70. The summed E-state index contributed by atoms with van der Waals surface area (Å²) in [4.78, 5) is 13.5. The molecule has 0 bridgehead atoms. The molecule has 2 aliphatic rings. The third-order valence-electron chi connectivity index (χ3n) is 3.40. The van der Waals surface area contributed by atoms with Gasteiger partial charge in [0.1, 0.15) is 0 Å². The Labute approximate surface area is 85.0 Å². The van der Waals surface area contributed by atoms with Crippen LogP contribution in [0.1, 0.15) is 13.3 Å². The van der Waals surface area contributed by atoms with Crippen molar-refractivity contribution < 1.29 is 4.79 Å². The first-order valence-electron chi connectivity index (χ1n) is 5.30. The molecule has 0 spiro atoms. The lowest BCUT2D eigenvalue weighted by molar-refractivity contribution is -0.121. The molecule has 0 unspecified atom stereocenters. The summed E-state index contributed by atoms with van der Waals surface area (Å²) in [7, 11) is 2.13. The van der Waals surface area contributed by atoms with E-state index in [1.165, 1.54) is 6.42 Å². The molecule has 1 amide bonds. The van der Waals surface area contributed by atoms with Gasteiger partial charge < -0.3 is 15.5 Å². The molecule has 0 aromatic rings. The predicted molar refractivity (Wildman–Crippen MR) is 55.0 cm³/mol. The Morgan fingerprint density at radius 2 is 2.43 bits per heavy atom. The van der Waals surface area contributed by atoms with Crippen LogP contribution in [0, 0.1) is 5.92 Å². The van der Waals surface area contributed by atoms with Crippen LogP contribution < -0.4 is 10.6 Å². The van der Waals surface area contributed by atoms with Gasteiger partial charge in [-0.1, -0.05) is 0 Å². The summed E-state index contributed by atoms with van der Waals surface area (Å²) in [5.41, 5.74) is -0.00116. The number of carbonyl (C=O) groups excluding carboxylic acids is 1. The topological polar surface area (TPSA) is 44.4 Å². The van der Waals surface area contributed by atoms with Crippen molar-refractivity contribution in [1.29, 1.82) is 0 Å². The lowest BCUT2D eigenvalue weighted by Crippen LogP contribution is -2.62. The Bertz CT molecular complexity index is 244. The van der Waals surface area contributed by atoms with Gasteiger partial charge in [0.2, 0.25) is 5.91 Å². The molecule has 2 saturated heterocycles. The molecule has 80 valence electrons. The van der Waals surface area contributed by atoms with E-state index in [0.717, 1.165) is 26.2 Å². The zero-order valence-electron chi connectivity index (χ0n) is 8.97. The second-order valence-corrected chi connectivity index (χ2v) is 4.70. The van der Waals surface area contributed by atoms with Gasteiger partial charge in [0.15, 0.2) is 0 Å². The molecule has 0 saturated carbocycles. The molecule has 0 aromatic heterocycles. The molecule has 4 nitrogen and oxygen atoms in total. The molecule has 2 N–H and O–H groups in total. The van der Waals surface area contributed by atoms with Gasteiger partial charge in [-0.25, -0.2) is 0 Å².